The van der Waals surface area contributed by atoms with Gasteiger partial charge in [0.1, 0.15) is 5.75 Å². The first kappa shape index (κ1) is 16.8. The number of halogens is 3. The van der Waals surface area contributed by atoms with Crippen LogP contribution >= 0.6 is 11.6 Å². The number of nitrogens with one attached hydrogen (secondary N) is 1. The van der Waals surface area contributed by atoms with Crippen LogP contribution in [-0.4, -0.2) is 39.1 Å². The number of alkyl halides is 2. The molecule has 1 amide bonds. The Morgan fingerprint density at radius 2 is 1.85 bits per heavy atom. The number of rotatable bonds is 6. The molecular weight excluding hydrogens is 314 g/mol. The minimum Gasteiger partial charge on any atom is -0.349 e. The molecule has 20 heavy (non-hydrogen) atoms. The Labute approximate surface area is 120 Å². The van der Waals surface area contributed by atoms with Crippen molar-refractivity contribution in [1.29, 1.82) is 0 Å². The Morgan fingerprint density at radius 3 is 2.35 bits per heavy atom. The third kappa shape index (κ3) is 5.03. The summed E-state index contributed by atoms with van der Waals surface area (Å²) in [5, 5.41) is 2.18. The summed E-state index contributed by atoms with van der Waals surface area (Å²) in [5.41, 5.74) is 4.79. The van der Waals surface area contributed by atoms with Gasteiger partial charge < -0.3 is 11.1 Å². The molecule has 0 aliphatic rings. The number of amides is 1. The summed E-state index contributed by atoms with van der Waals surface area (Å²) in [6.07, 6.45) is 0. The molecule has 3 N–H and O–H groups in total. The van der Waals surface area contributed by atoms with E-state index in [1.54, 1.807) is 0 Å². The Balaban J connectivity index is 2.67. The van der Waals surface area contributed by atoms with Crippen molar-refractivity contribution in [1.82, 2.24) is 5.32 Å². The standard InChI is InChI=1S/C11H13ClF2N2O3S/c12-8-1-3-9(4-2-8)20(18,19)5-10(17)16-7-11(13,14)6-15/h1-4H,5-7,15H2,(H,16,17). The molecule has 0 aliphatic heterocycles. The third-order valence-electron chi connectivity index (χ3n) is 2.34. The maximum atomic E-state index is 12.8. The first-order chi connectivity index (χ1) is 9.16. The molecule has 0 aliphatic carbocycles. The molecule has 0 saturated heterocycles. The molecule has 0 fully saturated rings. The maximum Gasteiger partial charge on any atom is 0.277 e. The van der Waals surface area contributed by atoms with Gasteiger partial charge in [0.25, 0.3) is 5.92 Å². The van der Waals surface area contributed by atoms with E-state index in [4.69, 9.17) is 17.3 Å². The number of carbonyl (C=O) groups is 1. The van der Waals surface area contributed by atoms with Gasteiger partial charge in [-0.2, -0.15) is 0 Å². The first-order valence-corrected chi connectivity index (χ1v) is 7.52. The lowest BCUT2D eigenvalue weighted by Crippen LogP contribution is -2.43. The van der Waals surface area contributed by atoms with Gasteiger partial charge in [0, 0.05) is 5.02 Å². The van der Waals surface area contributed by atoms with Gasteiger partial charge in [-0.3, -0.25) is 4.79 Å². The van der Waals surface area contributed by atoms with Crippen LogP contribution in [0.4, 0.5) is 8.78 Å². The van der Waals surface area contributed by atoms with Crippen LogP contribution in [0.3, 0.4) is 0 Å². The van der Waals surface area contributed by atoms with Crippen molar-refractivity contribution in [3.8, 4) is 0 Å². The number of hydrogen-bond acceptors (Lipinski definition) is 4. The van der Waals surface area contributed by atoms with E-state index in [-0.39, 0.29) is 4.90 Å². The van der Waals surface area contributed by atoms with E-state index in [1.165, 1.54) is 24.3 Å². The lowest BCUT2D eigenvalue weighted by atomic mass is 10.3. The molecule has 0 unspecified atom stereocenters. The van der Waals surface area contributed by atoms with Gasteiger partial charge >= 0.3 is 0 Å². The molecule has 1 rings (SSSR count). The molecule has 0 radical (unpaired) electrons. The minimum atomic E-state index is -3.90. The van der Waals surface area contributed by atoms with Gasteiger partial charge in [0.15, 0.2) is 9.84 Å². The highest BCUT2D eigenvalue weighted by molar-refractivity contribution is 7.92. The van der Waals surface area contributed by atoms with Crippen LogP contribution in [-0.2, 0) is 14.6 Å². The van der Waals surface area contributed by atoms with E-state index in [0.717, 1.165) is 0 Å². The summed E-state index contributed by atoms with van der Waals surface area (Å²) in [5.74, 6) is -5.21. The van der Waals surface area contributed by atoms with Gasteiger partial charge in [-0.15, -0.1) is 0 Å². The van der Waals surface area contributed by atoms with E-state index in [1.807, 2.05) is 5.32 Å². The van der Waals surface area contributed by atoms with Crippen LogP contribution in [0.2, 0.25) is 5.02 Å². The molecular formula is C11H13ClF2N2O3S. The smallest absolute Gasteiger partial charge is 0.277 e. The Kier molecular flexibility index (Phi) is 5.43. The lowest BCUT2D eigenvalue weighted by Gasteiger charge is -2.14. The predicted molar refractivity (Wildman–Crippen MR) is 70.5 cm³/mol. The summed E-state index contributed by atoms with van der Waals surface area (Å²) >= 11 is 5.61. The largest absolute Gasteiger partial charge is 0.349 e. The molecule has 0 spiro atoms. The van der Waals surface area contributed by atoms with Crippen LogP contribution in [0.1, 0.15) is 0 Å². The normalized spacial score (nSPS) is 12.2. The number of benzene rings is 1. The maximum absolute atomic E-state index is 12.8. The molecule has 1 aromatic rings. The summed E-state index contributed by atoms with van der Waals surface area (Å²) < 4.78 is 49.3. The van der Waals surface area contributed by atoms with Gasteiger partial charge in [-0.05, 0) is 24.3 Å². The fraction of sp³-hybridized carbons (Fsp3) is 0.364. The molecule has 0 atom stereocenters. The van der Waals surface area contributed by atoms with E-state index in [0.29, 0.717) is 5.02 Å². The average Bonchev–Trinajstić information content (AvgIpc) is 2.36. The molecule has 1 aromatic carbocycles. The van der Waals surface area contributed by atoms with Crippen molar-refractivity contribution in [3.63, 3.8) is 0 Å². The zero-order chi connectivity index (χ0) is 15.4. The molecule has 0 aromatic heterocycles. The van der Waals surface area contributed by atoms with Crippen LogP contribution in [0, 0.1) is 0 Å². The van der Waals surface area contributed by atoms with Crippen LogP contribution in [0.25, 0.3) is 0 Å². The van der Waals surface area contributed by atoms with Gasteiger partial charge in [-0.1, -0.05) is 11.6 Å². The lowest BCUT2D eigenvalue weighted by molar-refractivity contribution is -0.120. The topological polar surface area (TPSA) is 89.3 Å². The molecule has 0 bridgehead atoms. The minimum absolute atomic E-state index is 0.109. The van der Waals surface area contributed by atoms with Crippen molar-refractivity contribution in [2.75, 3.05) is 18.8 Å². The Bertz CT molecular complexity index is 576. The van der Waals surface area contributed by atoms with Crippen molar-refractivity contribution in [2.45, 2.75) is 10.8 Å². The van der Waals surface area contributed by atoms with Crippen molar-refractivity contribution >= 4 is 27.3 Å². The van der Waals surface area contributed by atoms with Crippen LogP contribution in [0.15, 0.2) is 29.2 Å². The zero-order valence-electron chi connectivity index (χ0n) is 10.3. The summed E-state index contributed by atoms with van der Waals surface area (Å²) in [7, 11) is -3.90. The van der Waals surface area contributed by atoms with E-state index >= 15 is 0 Å². The first-order valence-electron chi connectivity index (χ1n) is 5.49. The molecule has 0 heterocycles. The second-order valence-electron chi connectivity index (χ2n) is 4.05. The van der Waals surface area contributed by atoms with Crippen LogP contribution < -0.4 is 11.1 Å². The summed E-state index contributed by atoms with van der Waals surface area (Å²) in [6.45, 7) is -1.93. The number of nitrogens with two attached hydrogens (primary N) is 1. The number of hydrogen-bond donors (Lipinski definition) is 2. The van der Waals surface area contributed by atoms with E-state index in [9.17, 15) is 22.0 Å². The number of sulfone groups is 1. The van der Waals surface area contributed by atoms with Crippen molar-refractivity contribution < 1.29 is 22.0 Å². The van der Waals surface area contributed by atoms with E-state index in [2.05, 4.69) is 0 Å². The van der Waals surface area contributed by atoms with Gasteiger partial charge in [-0.25, -0.2) is 17.2 Å². The van der Waals surface area contributed by atoms with Gasteiger partial charge in [0.05, 0.1) is 18.0 Å². The highest BCUT2D eigenvalue weighted by Gasteiger charge is 2.28. The van der Waals surface area contributed by atoms with Crippen molar-refractivity contribution in [3.05, 3.63) is 29.3 Å². The molecule has 9 heteroatoms. The molecule has 5 nitrogen and oxygen atoms in total. The van der Waals surface area contributed by atoms with Gasteiger partial charge in [0.2, 0.25) is 5.91 Å². The highest BCUT2D eigenvalue weighted by Crippen LogP contribution is 2.15. The van der Waals surface area contributed by atoms with Crippen LogP contribution in [0.5, 0.6) is 0 Å². The highest BCUT2D eigenvalue weighted by atomic mass is 35.5. The average molecular weight is 327 g/mol. The van der Waals surface area contributed by atoms with E-state index < -0.39 is 40.5 Å². The number of carbonyl (C=O) groups excluding carboxylic acids is 1. The fourth-order valence-electron chi connectivity index (χ4n) is 1.25. The quantitative estimate of drug-likeness (QED) is 0.810. The summed E-state index contributed by atoms with van der Waals surface area (Å²) in [6, 6.07) is 5.18. The predicted octanol–water partition coefficient (Wildman–Crippen LogP) is 0.824. The second-order valence-corrected chi connectivity index (χ2v) is 6.48. The Hall–Kier alpha value is -1.25. The monoisotopic (exact) mass is 326 g/mol. The Morgan fingerprint density at radius 1 is 1.30 bits per heavy atom. The summed E-state index contributed by atoms with van der Waals surface area (Å²) in [4.78, 5) is 11.3. The molecule has 0 saturated carbocycles. The fourth-order valence-corrected chi connectivity index (χ4v) is 2.54. The third-order valence-corrected chi connectivity index (χ3v) is 4.22. The second kappa shape index (κ2) is 6.47. The zero-order valence-corrected chi connectivity index (χ0v) is 11.8. The SMILES string of the molecule is NCC(F)(F)CNC(=O)CS(=O)(=O)c1ccc(Cl)cc1. The molecule has 112 valence electrons. The van der Waals surface area contributed by atoms with Crippen molar-refractivity contribution in [2.24, 2.45) is 5.73 Å².